The summed E-state index contributed by atoms with van der Waals surface area (Å²) >= 11 is 1.63. The Labute approximate surface area is 179 Å². The number of nitrogens with one attached hydrogen (secondary N) is 1. The molecular formula is C24H21N3O2S. The Morgan fingerprint density at radius 1 is 1.07 bits per heavy atom. The molecule has 2 heterocycles. The molecule has 0 aliphatic carbocycles. The fraction of sp³-hybridized carbons (Fsp3) is 0.125. The molecule has 1 N–H and O–H groups in total. The number of pyridine rings is 1. The lowest BCUT2D eigenvalue weighted by Crippen LogP contribution is -2.14. The topological polar surface area (TPSA) is 64.1 Å². The molecule has 1 amide bonds. The monoisotopic (exact) mass is 415 g/mol. The zero-order valence-corrected chi connectivity index (χ0v) is 17.4. The summed E-state index contributed by atoms with van der Waals surface area (Å²) in [5.41, 5.74) is 4.53. The van der Waals surface area contributed by atoms with Crippen molar-refractivity contribution < 1.29 is 9.53 Å². The van der Waals surface area contributed by atoms with Gasteiger partial charge in [0, 0.05) is 28.9 Å². The number of rotatable bonds is 7. The van der Waals surface area contributed by atoms with Crippen molar-refractivity contribution in [2.24, 2.45) is 0 Å². The van der Waals surface area contributed by atoms with Gasteiger partial charge < -0.3 is 10.1 Å². The van der Waals surface area contributed by atoms with Crippen molar-refractivity contribution >= 4 is 22.9 Å². The van der Waals surface area contributed by atoms with Crippen molar-refractivity contribution in [2.45, 2.75) is 20.0 Å². The number of thiazole rings is 1. The van der Waals surface area contributed by atoms with Crippen LogP contribution in [-0.2, 0) is 17.8 Å². The maximum absolute atomic E-state index is 12.5. The minimum absolute atomic E-state index is 0.0749. The zero-order valence-electron chi connectivity index (χ0n) is 16.5. The quantitative estimate of drug-likeness (QED) is 0.446. The Balaban J connectivity index is 1.33. The largest absolute Gasteiger partial charge is 0.487 e. The third kappa shape index (κ3) is 5.30. The highest BCUT2D eigenvalue weighted by atomic mass is 32.1. The molecule has 0 aliphatic rings. The normalized spacial score (nSPS) is 10.6. The van der Waals surface area contributed by atoms with Gasteiger partial charge in [0.2, 0.25) is 5.91 Å². The summed E-state index contributed by atoms with van der Waals surface area (Å²) in [7, 11) is 0. The Morgan fingerprint density at radius 3 is 2.67 bits per heavy atom. The van der Waals surface area contributed by atoms with Gasteiger partial charge in [-0.25, -0.2) is 4.98 Å². The Kier molecular flexibility index (Phi) is 6.15. The lowest BCUT2D eigenvalue weighted by molar-refractivity contribution is -0.115. The van der Waals surface area contributed by atoms with Crippen LogP contribution in [0.2, 0.25) is 0 Å². The van der Waals surface area contributed by atoms with E-state index in [0.29, 0.717) is 24.5 Å². The second kappa shape index (κ2) is 9.33. The molecule has 0 atom stereocenters. The van der Waals surface area contributed by atoms with Crippen molar-refractivity contribution in [1.29, 1.82) is 0 Å². The molecule has 0 saturated heterocycles. The molecule has 2 aromatic heterocycles. The molecule has 150 valence electrons. The molecule has 4 aromatic rings. The van der Waals surface area contributed by atoms with Crippen LogP contribution in [-0.4, -0.2) is 15.9 Å². The van der Waals surface area contributed by atoms with E-state index in [9.17, 15) is 4.79 Å². The summed E-state index contributed by atoms with van der Waals surface area (Å²) in [6, 6.07) is 21.0. The SMILES string of the molecule is Cc1nc(-c2ccc(CC(=O)Nc3cccc(OCc4ccccn4)c3)cc2)cs1. The highest BCUT2D eigenvalue weighted by Gasteiger charge is 2.07. The van der Waals surface area contributed by atoms with Crippen molar-refractivity contribution in [3.63, 3.8) is 0 Å². The number of benzene rings is 2. The number of aromatic nitrogens is 2. The minimum Gasteiger partial charge on any atom is -0.487 e. The predicted molar refractivity (Wildman–Crippen MR) is 120 cm³/mol. The van der Waals surface area contributed by atoms with Crippen LogP contribution < -0.4 is 10.1 Å². The second-order valence-electron chi connectivity index (χ2n) is 6.81. The first-order chi connectivity index (χ1) is 14.7. The number of aryl methyl sites for hydroxylation is 1. The number of anilines is 1. The molecular weight excluding hydrogens is 394 g/mol. The number of hydrogen-bond donors (Lipinski definition) is 1. The molecule has 0 bridgehead atoms. The van der Waals surface area contributed by atoms with Gasteiger partial charge >= 0.3 is 0 Å². The van der Waals surface area contributed by atoms with Crippen molar-refractivity contribution in [1.82, 2.24) is 9.97 Å². The second-order valence-corrected chi connectivity index (χ2v) is 7.87. The summed E-state index contributed by atoms with van der Waals surface area (Å²) in [4.78, 5) is 21.2. The average Bonchev–Trinajstić information content (AvgIpc) is 3.20. The Bertz CT molecular complexity index is 1120. The van der Waals surface area contributed by atoms with E-state index in [-0.39, 0.29) is 5.91 Å². The first-order valence-corrected chi connectivity index (χ1v) is 10.5. The van der Waals surface area contributed by atoms with Crippen LogP contribution in [0, 0.1) is 6.92 Å². The predicted octanol–water partition coefficient (Wildman–Crippen LogP) is 5.27. The first-order valence-electron chi connectivity index (χ1n) is 9.60. The van der Waals surface area contributed by atoms with Crippen LogP contribution in [0.4, 0.5) is 5.69 Å². The maximum atomic E-state index is 12.5. The van der Waals surface area contributed by atoms with Crippen molar-refractivity contribution in [3.8, 4) is 17.0 Å². The molecule has 0 fully saturated rings. The summed E-state index contributed by atoms with van der Waals surface area (Å²) in [6.07, 6.45) is 2.04. The fourth-order valence-electron chi connectivity index (χ4n) is 2.98. The van der Waals surface area contributed by atoms with Crippen LogP contribution in [0.3, 0.4) is 0 Å². The number of carbonyl (C=O) groups is 1. The fourth-order valence-corrected chi connectivity index (χ4v) is 3.61. The van der Waals surface area contributed by atoms with E-state index >= 15 is 0 Å². The smallest absolute Gasteiger partial charge is 0.228 e. The summed E-state index contributed by atoms with van der Waals surface area (Å²) in [5.74, 6) is 0.607. The van der Waals surface area contributed by atoms with Gasteiger partial charge in [-0.2, -0.15) is 0 Å². The van der Waals surface area contributed by atoms with Crippen LogP contribution >= 0.6 is 11.3 Å². The van der Waals surface area contributed by atoms with E-state index in [1.807, 2.05) is 79.0 Å². The van der Waals surface area contributed by atoms with Gasteiger partial charge in [0.25, 0.3) is 0 Å². The number of hydrogen-bond acceptors (Lipinski definition) is 5. The van der Waals surface area contributed by atoms with E-state index in [4.69, 9.17) is 4.74 Å². The molecule has 2 aromatic carbocycles. The van der Waals surface area contributed by atoms with Gasteiger partial charge in [0.15, 0.2) is 0 Å². The van der Waals surface area contributed by atoms with Crippen molar-refractivity contribution in [2.75, 3.05) is 5.32 Å². The van der Waals surface area contributed by atoms with Crippen LogP contribution in [0.25, 0.3) is 11.3 Å². The highest BCUT2D eigenvalue weighted by Crippen LogP contribution is 2.22. The maximum Gasteiger partial charge on any atom is 0.228 e. The number of ether oxygens (including phenoxy) is 1. The summed E-state index contributed by atoms with van der Waals surface area (Å²) < 4.78 is 5.77. The third-order valence-corrected chi connectivity index (χ3v) is 5.24. The lowest BCUT2D eigenvalue weighted by Gasteiger charge is -2.09. The van der Waals surface area contributed by atoms with Gasteiger partial charge in [-0.1, -0.05) is 36.4 Å². The number of nitrogens with zero attached hydrogens (tertiary/aromatic N) is 2. The molecule has 0 aliphatic heterocycles. The zero-order chi connectivity index (χ0) is 20.8. The highest BCUT2D eigenvalue weighted by molar-refractivity contribution is 7.09. The van der Waals surface area contributed by atoms with Gasteiger partial charge in [0.1, 0.15) is 12.4 Å². The summed E-state index contributed by atoms with van der Waals surface area (Å²) in [6.45, 7) is 2.37. The molecule has 30 heavy (non-hydrogen) atoms. The van der Waals surface area contributed by atoms with Crippen LogP contribution in [0.5, 0.6) is 5.75 Å². The molecule has 0 spiro atoms. The third-order valence-electron chi connectivity index (χ3n) is 4.46. The molecule has 6 heteroatoms. The van der Waals surface area contributed by atoms with Crippen LogP contribution in [0.15, 0.2) is 78.3 Å². The van der Waals surface area contributed by atoms with E-state index in [1.165, 1.54) is 0 Å². The Morgan fingerprint density at radius 2 is 1.93 bits per heavy atom. The van der Waals surface area contributed by atoms with Gasteiger partial charge in [-0.05, 0) is 36.8 Å². The molecule has 4 rings (SSSR count). The van der Waals surface area contributed by atoms with Crippen molar-refractivity contribution in [3.05, 3.63) is 94.6 Å². The number of amides is 1. The standard InChI is InChI=1S/C24H21N3O2S/c1-17-26-23(16-30-17)19-10-8-18(9-11-19)13-24(28)27-20-6-4-7-22(14-20)29-15-21-5-2-3-12-25-21/h2-12,14,16H,13,15H2,1H3,(H,27,28). The van der Waals surface area contributed by atoms with Gasteiger partial charge in [-0.15, -0.1) is 11.3 Å². The van der Waals surface area contributed by atoms with Crippen LogP contribution in [0.1, 0.15) is 16.3 Å². The number of carbonyl (C=O) groups excluding carboxylic acids is 1. The van der Waals surface area contributed by atoms with Gasteiger partial charge in [-0.3, -0.25) is 9.78 Å². The molecule has 0 radical (unpaired) electrons. The molecule has 5 nitrogen and oxygen atoms in total. The van der Waals surface area contributed by atoms with Gasteiger partial charge in [0.05, 0.1) is 22.8 Å². The average molecular weight is 416 g/mol. The van der Waals surface area contributed by atoms with E-state index < -0.39 is 0 Å². The Hall–Kier alpha value is -3.51. The molecule has 0 unspecified atom stereocenters. The summed E-state index contributed by atoms with van der Waals surface area (Å²) in [5, 5.41) is 6.02. The van der Waals surface area contributed by atoms with E-state index in [0.717, 1.165) is 27.5 Å². The van der Waals surface area contributed by atoms with E-state index in [2.05, 4.69) is 15.3 Å². The lowest BCUT2D eigenvalue weighted by atomic mass is 10.1. The van der Waals surface area contributed by atoms with E-state index in [1.54, 1.807) is 17.5 Å². The minimum atomic E-state index is -0.0749. The first kappa shape index (κ1) is 19.8. The molecule has 0 saturated carbocycles.